The van der Waals surface area contributed by atoms with Crippen molar-refractivity contribution >= 4 is 11.7 Å². The van der Waals surface area contributed by atoms with E-state index in [0.29, 0.717) is 31.7 Å². The summed E-state index contributed by atoms with van der Waals surface area (Å²) in [6.07, 6.45) is -3.28. The summed E-state index contributed by atoms with van der Waals surface area (Å²) in [5.41, 5.74) is -0.941. The van der Waals surface area contributed by atoms with E-state index in [1.807, 2.05) is 18.2 Å². The lowest BCUT2D eigenvalue weighted by Gasteiger charge is -2.33. The normalized spacial score (nSPS) is 15.4. The molecule has 0 saturated carbocycles. The van der Waals surface area contributed by atoms with Crippen LogP contribution < -0.4 is 15.0 Å². The Balaban J connectivity index is 1.50. The molecule has 1 aromatic heterocycles. The number of nitrogens with zero attached hydrogens (tertiary/aromatic N) is 3. The maximum atomic E-state index is 12.9. The first-order valence-electron chi connectivity index (χ1n) is 8.96. The van der Waals surface area contributed by atoms with E-state index in [1.54, 1.807) is 17.0 Å². The summed E-state index contributed by atoms with van der Waals surface area (Å²) >= 11 is 0. The molecule has 0 spiro atoms. The van der Waals surface area contributed by atoms with Gasteiger partial charge in [-0.05, 0) is 31.9 Å². The van der Waals surface area contributed by atoms with Gasteiger partial charge in [-0.1, -0.05) is 18.2 Å². The second-order valence-corrected chi connectivity index (χ2v) is 6.59. The molecule has 0 radical (unpaired) electrons. The van der Waals surface area contributed by atoms with Crippen LogP contribution in [0.2, 0.25) is 0 Å². The number of hydrogen-bond donors (Lipinski definition) is 1. The van der Waals surface area contributed by atoms with Crippen LogP contribution in [-0.2, 0) is 11.0 Å². The summed E-state index contributed by atoms with van der Waals surface area (Å²) in [5, 5.41) is 2.90. The standard InChI is InChI=1S/C19H21F3N4O2/c1-13-23-16(19(20,21)22)11-17(24-13)26-9-7-14(8-10-26)25-18(27)12-28-15-5-3-2-4-6-15/h2-6,11,14H,7-10,12H2,1H3,(H,25,27). The third-order valence-corrected chi connectivity index (χ3v) is 4.41. The molecule has 3 rings (SSSR count). The van der Waals surface area contributed by atoms with Crippen molar-refractivity contribution in [1.29, 1.82) is 0 Å². The predicted octanol–water partition coefficient (Wildman–Crippen LogP) is 2.97. The van der Waals surface area contributed by atoms with Crippen molar-refractivity contribution < 1.29 is 22.7 Å². The lowest BCUT2D eigenvalue weighted by atomic mass is 10.0. The van der Waals surface area contributed by atoms with E-state index in [9.17, 15) is 18.0 Å². The van der Waals surface area contributed by atoms with Crippen LogP contribution in [0.3, 0.4) is 0 Å². The van der Waals surface area contributed by atoms with Crippen LogP contribution in [0.1, 0.15) is 24.4 Å². The lowest BCUT2D eigenvalue weighted by Crippen LogP contribution is -2.46. The summed E-state index contributed by atoms with van der Waals surface area (Å²) in [4.78, 5) is 21.4. The molecule has 1 saturated heterocycles. The molecular formula is C19H21F3N4O2. The number of aromatic nitrogens is 2. The Morgan fingerprint density at radius 2 is 1.89 bits per heavy atom. The van der Waals surface area contributed by atoms with Crippen LogP contribution in [0, 0.1) is 6.92 Å². The van der Waals surface area contributed by atoms with Crippen molar-refractivity contribution in [2.45, 2.75) is 32.0 Å². The van der Waals surface area contributed by atoms with Gasteiger partial charge in [0.2, 0.25) is 0 Å². The number of para-hydroxylation sites is 1. The van der Waals surface area contributed by atoms with Gasteiger partial charge in [0.15, 0.2) is 6.61 Å². The fourth-order valence-electron chi connectivity index (χ4n) is 3.05. The molecule has 2 aromatic rings. The largest absolute Gasteiger partial charge is 0.484 e. The van der Waals surface area contributed by atoms with Crippen molar-refractivity contribution in [2.24, 2.45) is 0 Å². The maximum absolute atomic E-state index is 12.9. The number of aryl methyl sites for hydroxylation is 1. The minimum Gasteiger partial charge on any atom is -0.484 e. The summed E-state index contributed by atoms with van der Waals surface area (Å²) < 4.78 is 44.3. The maximum Gasteiger partial charge on any atom is 0.433 e. The molecule has 1 N–H and O–H groups in total. The Morgan fingerprint density at radius 3 is 2.54 bits per heavy atom. The summed E-state index contributed by atoms with van der Waals surface area (Å²) in [5.74, 6) is 0.738. The molecule has 1 fully saturated rings. The van der Waals surface area contributed by atoms with Crippen LogP contribution in [0.15, 0.2) is 36.4 Å². The van der Waals surface area contributed by atoms with Gasteiger partial charge >= 0.3 is 6.18 Å². The highest BCUT2D eigenvalue weighted by Gasteiger charge is 2.34. The molecule has 1 amide bonds. The van der Waals surface area contributed by atoms with Gasteiger partial charge in [0.25, 0.3) is 5.91 Å². The van der Waals surface area contributed by atoms with Crippen molar-refractivity contribution in [3.05, 3.63) is 47.9 Å². The molecule has 0 bridgehead atoms. The highest BCUT2D eigenvalue weighted by Crippen LogP contribution is 2.30. The molecule has 150 valence electrons. The molecule has 0 aliphatic carbocycles. The van der Waals surface area contributed by atoms with Crippen LogP contribution >= 0.6 is 0 Å². The van der Waals surface area contributed by atoms with Crippen molar-refractivity contribution in [3.8, 4) is 5.75 Å². The minimum absolute atomic E-state index is 0.0480. The van der Waals surface area contributed by atoms with Gasteiger partial charge in [-0.25, -0.2) is 9.97 Å². The number of carbonyl (C=O) groups excluding carboxylic acids is 1. The van der Waals surface area contributed by atoms with Crippen molar-refractivity contribution in [1.82, 2.24) is 15.3 Å². The number of nitrogens with one attached hydrogen (secondary N) is 1. The Kier molecular flexibility index (Phi) is 6.01. The van der Waals surface area contributed by atoms with Gasteiger partial charge in [-0.2, -0.15) is 13.2 Å². The van der Waals surface area contributed by atoms with Gasteiger partial charge in [-0.15, -0.1) is 0 Å². The third-order valence-electron chi connectivity index (χ3n) is 4.41. The number of hydrogen-bond acceptors (Lipinski definition) is 5. The third kappa shape index (κ3) is 5.34. The molecule has 6 nitrogen and oxygen atoms in total. The molecule has 0 unspecified atom stereocenters. The Morgan fingerprint density at radius 1 is 1.21 bits per heavy atom. The molecule has 0 atom stereocenters. The van der Waals surface area contributed by atoms with Gasteiger partial charge in [-0.3, -0.25) is 4.79 Å². The summed E-state index contributed by atoms with van der Waals surface area (Å²) in [7, 11) is 0. The number of ether oxygens (including phenoxy) is 1. The second kappa shape index (κ2) is 8.45. The molecule has 1 aliphatic heterocycles. The predicted molar refractivity (Wildman–Crippen MR) is 97.1 cm³/mol. The topological polar surface area (TPSA) is 67.4 Å². The number of anilines is 1. The molecule has 1 aliphatic rings. The molecular weight excluding hydrogens is 373 g/mol. The smallest absolute Gasteiger partial charge is 0.433 e. The average molecular weight is 394 g/mol. The Labute approximate surface area is 160 Å². The zero-order valence-electron chi connectivity index (χ0n) is 15.4. The number of alkyl halides is 3. The Hall–Kier alpha value is -2.84. The van der Waals surface area contributed by atoms with E-state index in [4.69, 9.17) is 4.74 Å². The van der Waals surface area contributed by atoms with Crippen LogP contribution in [0.4, 0.5) is 19.0 Å². The SMILES string of the molecule is Cc1nc(N2CCC(NC(=O)COc3ccccc3)CC2)cc(C(F)(F)F)n1. The van der Waals surface area contributed by atoms with Gasteiger partial charge in [0, 0.05) is 25.2 Å². The highest BCUT2D eigenvalue weighted by atomic mass is 19.4. The first-order valence-corrected chi connectivity index (χ1v) is 8.96. The molecule has 1 aromatic carbocycles. The summed E-state index contributed by atoms with van der Waals surface area (Å²) in [6, 6.07) is 9.96. The number of carbonyl (C=O) groups is 1. The van der Waals surface area contributed by atoms with Gasteiger partial charge < -0.3 is 15.0 Å². The van der Waals surface area contributed by atoms with Crippen molar-refractivity contribution in [2.75, 3.05) is 24.6 Å². The van der Waals surface area contributed by atoms with E-state index < -0.39 is 11.9 Å². The average Bonchev–Trinajstić information content (AvgIpc) is 2.67. The zero-order chi connectivity index (χ0) is 20.1. The van der Waals surface area contributed by atoms with E-state index >= 15 is 0 Å². The van der Waals surface area contributed by atoms with Gasteiger partial charge in [0.1, 0.15) is 23.1 Å². The quantitative estimate of drug-likeness (QED) is 0.845. The van der Waals surface area contributed by atoms with Crippen LogP contribution in [0.25, 0.3) is 0 Å². The molecule has 28 heavy (non-hydrogen) atoms. The number of rotatable bonds is 5. The number of benzene rings is 1. The zero-order valence-corrected chi connectivity index (χ0v) is 15.4. The molecule has 9 heteroatoms. The number of amides is 1. The van der Waals surface area contributed by atoms with E-state index in [1.165, 1.54) is 6.92 Å². The second-order valence-electron chi connectivity index (χ2n) is 6.59. The minimum atomic E-state index is -4.51. The van der Waals surface area contributed by atoms with E-state index in [0.717, 1.165) is 6.07 Å². The first kappa shape index (κ1) is 19.9. The van der Waals surface area contributed by atoms with Crippen LogP contribution in [-0.4, -0.2) is 41.6 Å². The fraction of sp³-hybridized carbons (Fsp3) is 0.421. The highest BCUT2D eigenvalue weighted by molar-refractivity contribution is 5.77. The first-order chi connectivity index (χ1) is 13.3. The number of piperidine rings is 1. The summed E-state index contributed by atoms with van der Waals surface area (Å²) in [6.45, 7) is 2.36. The Bertz CT molecular complexity index is 807. The van der Waals surface area contributed by atoms with Crippen LogP contribution in [0.5, 0.6) is 5.75 Å². The lowest BCUT2D eigenvalue weighted by molar-refractivity contribution is -0.141. The van der Waals surface area contributed by atoms with Gasteiger partial charge in [0.05, 0.1) is 0 Å². The fourth-order valence-corrected chi connectivity index (χ4v) is 3.05. The van der Waals surface area contributed by atoms with Crippen molar-refractivity contribution in [3.63, 3.8) is 0 Å². The van der Waals surface area contributed by atoms with E-state index in [-0.39, 0.29) is 30.2 Å². The monoisotopic (exact) mass is 394 g/mol. The molecule has 2 heterocycles. The number of halogens is 3. The van der Waals surface area contributed by atoms with E-state index in [2.05, 4.69) is 15.3 Å².